The standard InChI is InChI=1S/C19H22BrN3O/c1-19(21,15-7-9-16(20)10-8-15)18(24)23-12-11-22(2)17-6-4-3-5-14(17)13-23/h3-10H,11-13,21H2,1-2H3. The van der Waals surface area contributed by atoms with E-state index in [1.807, 2.05) is 41.3 Å². The predicted octanol–water partition coefficient (Wildman–Crippen LogP) is 3.10. The first-order valence-electron chi connectivity index (χ1n) is 8.03. The van der Waals surface area contributed by atoms with Gasteiger partial charge in [-0.3, -0.25) is 4.79 Å². The van der Waals surface area contributed by atoms with E-state index < -0.39 is 5.54 Å². The van der Waals surface area contributed by atoms with Crippen molar-refractivity contribution < 1.29 is 4.79 Å². The van der Waals surface area contributed by atoms with E-state index in [2.05, 4.69) is 40.0 Å². The number of anilines is 1. The van der Waals surface area contributed by atoms with Gasteiger partial charge in [0, 0.05) is 36.8 Å². The number of nitrogens with zero attached hydrogens (tertiary/aromatic N) is 2. The maximum atomic E-state index is 13.1. The highest BCUT2D eigenvalue weighted by atomic mass is 79.9. The number of likely N-dealkylation sites (N-methyl/N-ethyl adjacent to an activating group) is 1. The molecule has 4 nitrogen and oxygen atoms in total. The first kappa shape index (κ1) is 17.0. The van der Waals surface area contributed by atoms with Gasteiger partial charge in [-0.1, -0.05) is 46.3 Å². The number of hydrogen-bond donors (Lipinski definition) is 1. The van der Waals surface area contributed by atoms with E-state index in [-0.39, 0.29) is 5.91 Å². The predicted molar refractivity (Wildman–Crippen MR) is 101 cm³/mol. The number of nitrogens with two attached hydrogens (primary N) is 1. The smallest absolute Gasteiger partial charge is 0.247 e. The zero-order chi connectivity index (χ0) is 17.3. The molecule has 126 valence electrons. The molecule has 1 amide bonds. The van der Waals surface area contributed by atoms with Crippen molar-refractivity contribution in [3.05, 3.63) is 64.1 Å². The summed E-state index contributed by atoms with van der Waals surface area (Å²) in [6.45, 7) is 3.83. The Labute approximate surface area is 151 Å². The second-order valence-electron chi connectivity index (χ2n) is 6.49. The summed E-state index contributed by atoms with van der Waals surface area (Å²) in [4.78, 5) is 17.2. The number of rotatable bonds is 2. The molecule has 0 aromatic heterocycles. The van der Waals surface area contributed by atoms with Crippen molar-refractivity contribution >= 4 is 27.5 Å². The lowest BCUT2D eigenvalue weighted by Crippen LogP contribution is -2.51. The van der Waals surface area contributed by atoms with Crippen LogP contribution in [-0.2, 0) is 16.9 Å². The summed E-state index contributed by atoms with van der Waals surface area (Å²) in [6.07, 6.45) is 0. The fourth-order valence-corrected chi connectivity index (χ4v) is 3.38. The number of halogens is 1. The first-order valence-corrected chi connectivity index (χ1v) is 8.82. The highest BCUT2D eigenvalue weighted by Gasteiger charge is 2.35. The first-order chi connectivity index (χ1) is 11.4. The topological polar surface area (TPSA) is 49.6 Å². The number of para-hydroxylation sites is 1. The van der Waals surface area contributed by atoms with Crippen LogP contribution in [0, 0.1) is 0 Å². The average Bonchev–Trinajstić information content (AvgIpc) is 2.74. The molecular formula is C19H22BrN3O. The molecule has 1 atom stereocenters. The summed E-state index contributed by atoms with van der Waals surface area (Å²) in [5, 5.41) is 0. The Morgan fingerprint density at radius 1 is 1.12 bits per heavy atom. The maximum Gasteiger partial charge on any atom is 0.247 e. The third-order valence-electron chi connectivity index (χ3n) is 4.64. The van der Waals surface area contributed by atoms with Gasteiger partial charge in [0.25, 0.3) is 0 Å². The quantitative estimate of drug-likeness (QED) is 0.860. The minimum Gasteiger partial charge on any atom is -0.373 e. The van der Waals surface area contributed by atoms with Crippen LogP contribution in [0.15, 0.2) is 53.0 Å². The number of benzene rings is 2. The van der Waals surface area contributed by atoms with Crippen molar-refractivity contribution in [1.82, 2.24) is 4.90 Å². The molecule has 0 saturated heterocycles. The normalized spacial score (nSPS) is 17.0. The van der Waals surface area contributed by atoms with Crippen LogP contribution in [0.2, 0.25) is 0 Å². The van der Waals surface area contributed by atoms with Crippen molar-refractivity contribution in [2.24, 2.45) is 5.73 Å². The molecule has 24 heavy (non-hydrogen) atoms. The Morgan fingerprint density at radius 2 is 1.79 bits per heavy atom. The van der Waals surface area contributed by atoms with Gasteiger partial charge in [-0.05, 0) is 36.2 Å². The summed E-state index contributed by atoms with van der Waals surface area (Å²) in [5.74, 6) is -0.0464. The average molecular weight is 388 g/mol. The molecule has 0 bridgehead atoms. The van der Waals surface area contributed by atoms with Crippen LogP contribution >= 0.6 is 15.9 Å². The molecule has 0 spiro atoms. The lowest BCUT2D eigenvalue weighted by molar-refractivity contribution is -0.137. The van der Waals surface area contributed by atoms with Crippen LogP contribution in [0.1, 0.15) is 18.1 Å². The van der Waals surface area contributed by atoms with E-state index in [0.717, 1.165) is 22.1 Å². The van der Waals surface area contributed by atoms with E-state index >= 15 is 0 Å². The molecule has 1 unspecified atom stereocenters. The van der Waals surface area contributed by atoms with Crippen molar-refractivity contribution in [2.75, 3.05) is 25.0 Å². The van der Waals surface area contributed by atoms with Gasteiger partial charge >= 0.3 is 0 Å². The fraction of sp³-hybridized carbons (Fsp3) is 0.316. The number of hydrogen-bond acceptors (Lipinski definition) is 3. The summed E-state index contributed by atoms with van der Waals surface area (Å²) in [5.41, 5.74) is 8.55. The number of carbonyl (C=O) groups excluding carboxylic acids is 1. The maximum absolute atomic E-state index is 13.1. The lowest BCUT2D eigenvalue weighted by atomic mass is 9.91. The van der Waals surface area contributed by atoms with Crippen LogP contribution in [0.5, 0.6) is 0 Å². The Kier molecular flexibility index (Phi) is 4.65. The Morgan fingerprint density at radius 3 is 2.50 bits per heavy atom. The van der Waals surface area contributed by atoms with E-state index in [9.17, 15) is 4.79 Å². The van der Waals surface area contributed by atoms with Crippen LogP contribution in [0.4, 0.5) is 5.69 Å². The van der Waals surface area contributed by atoms with Crippen molar-refractivity contribution in [3.8, 4) is 0 Å². The third kappa shape index (κ3) is 3.19. The van der Waals surface area contributed by atoms with Crippen LogP contribution in [0.25, 0.3) is 0 Å². The Bertz CT molecular complexity index is 743. The van der Waals surface area contributed by atoms with Gasteiger partial charge in [-0.15, -0.1) is 0 Å². The highest BCUT2D eigenvalue weighted by molar-refractivity contribution is 9.10. The summed E-state index contributed by atoms with van der Waals surface area (Å²) in [7, 11) is 2.06. The van der Waals surface area contributed by atoms with Gasteiger partial charge in [-0.25, -0.2) is 0 Å². The van der Waals surface area contributed by atoms with E-state index in [1.54, 1.807) is 6.92 Å². The molecule has 1 heterocycles. The molecule has 1 aliphatic heterocycles. The highest BCUT2D eigenvalue weighted by Crippen LogP contribution is 2.27. The van der Waals surface area contributed by atoms with E-state index in [0.29, 0.717) is 13.1 Å². The minimum atomic E-state index is -1.04. The van der Waals surface area contributed by atoms with Crippen LogP contribution < -0.4 is 10.6 Å². The van der Waals surface area contributed by atoms with Gasteiger partial charge in [0.15, 0.2) is 0 Å². The summed E-state index contributed by atoms with van der Waals surface area (Å²) in [6, 6.07) is 15.8. The molecular weight excluding hydrogens is 366 g/mol. The number of fused-ring (bicyclic) bond motifs is 1. The largest absolute Gasteiger partial charge is 0.373 e. The molecule has 0 aliphatic carbocycles. The van der Waals surface area contributed by atoms with Gasteiger partial charge < -0.3 is 15.5 Å². The zero-order valence-corrected chi connectivity index (χ0v) is 15.6. The van der Waals surface area contributed by atoms with Crippen molar-refractivity contribution in [3.63, 3.8) is 0 Å². The molecule has 2 N–H and O–H groups in total. The number of carbonyl (C=O) groups is 1. The SMILES string of the molecule is CN1CCN(C(=O)C(C)(N)c2ccc(Br)cc2)Cc2ccccc21. The summed E-state index contributed by atoms with van der Waals surface area (Å²) >= 11 is 3.42. The molecule has 0 radical (unpaired) electrons. The third-order valence-corrected chi connectivity index (χ3v) is 5.17. The molecule has 2 aromatic rings. The zero-order valence-electron chi connectivity index (χ0n) is 14.0. The summed E-state index contributed by atoms with van der Waals surface area (Å²) < 4.78 is 0.972. The molecule has 5 heteroatoms. The van der Waals surface area contributed by atoms with Crippen molar-refractivity contribution in [1.29, 1.82) is 0 Å². The number of amides is 1. The monoisotopic (exact) mass is 387 g/mol. The van der Waals surface area contributed by atoms with Gasteiger partial charge in [0.1, 0.15) is 5.54 Å². The lowest BCUT2D eigenvalue weighted by Gasteiger charge is -2.31. The van der Waals surface area contributed by atoms with E-state index in [1.165, 1.54) is 5.69 Å². The second kappa shape index (κ2) is 6.57. The minimum absolute atomic E-state index is 0.0464. The van der Waals surface area contributed by atoms with Crippen LogP contribution in [-0.4, -0.2) is 30.9 Å². The molecule has 0 saturated carbocycles. The van der Waals surface area contributed by atoms with Gasteiger partial charge in [0.05, 0.1) is 0 Å². The van der Waals surface area contributed by atoms with Crippen LogP contribution in [0.3, 0.4) is 0 Å². The van der Waals surface area contributed by atoms with Crippen molar-refractivity contribution in [2.45, 2.75) is 19.0 Å². The molecule has 3 rings (SSSR count). The van der Waals surface area contributed by atoms with Gasteiger partial charge in [0.2, 0.25) is 5.91 Å². The Balaban J connectivity index is 1.88. The second-order valence-corrected chi connectivity index (χ2v) is 7.40. The Hall–Kier alpha value is -1.85. The molecule has 2 aromatic carbocycles. The molecule has 0 fully saturated rings. The van der Waals surface area contributed by atoms with E-state index in [4.69, 9.17) is 5.73 Å². The fourth-order valence-electron chi connectivity index (χ4n) is 3.11. The van der Waals surface area contributed by atoms with Gasteiger partial charge in [-0.2, -0.15) is 0 Å². The molecule has 1 aliphatic rings.